The largest absolute Gasteiger partial charge is 0.386 e. The Kier molecular flexibility index (Phi) is 2.61. The molecule has 0 radical (unpaired) electrons. The van der Waals surface area contributed by atoms with Gasteiger partial charge in [0.1, 0.15) is 0 Å². The third-order valence-corrected chi connectivity index (χ3v) is 1.46. The first-order chi connectivity index (χ1) is 4.97. The smallest absolute Gasteiger partial charge is 0 e. The van der Waals surface area contributed by atoms with Crippen LogP contribution in [0.25, 0.3) is 10.9 Å². The van der Waals surface area contributed by atoms with Gasteiger partial charge < -0.3 is 4.98 Å². The molecular formula is C9H6NNi-. The molecule has 1 aromatic heterocycles. The molecule has 11 heavy (non-hydrogen) atoms. The van der Waals surface area contributed by atoms with E-state index in [1.807, 2.05) is 36.4 Å². The van der Waals surface area contributed by atoms with Crippen molar-refractivity contribution in [2.45, 2.75) is 0 Å². The summed E-state index contributed by atoms with van der Waals surface area (Å²) in [6.45, 7) is 0. The van der Waals surface area contributed by atoms with Crippen molar-refractivity contribution < 1.29 is 16.5 Å². The molecule has 58 valence electrons. The van der Waals surface area contributed by atoms with Crippen LogP contribution in [0.15, 0.2) is 36.4 Å². The van der Waals surface area contributed by atoms with Gasteiger partial charge in [0.25, 0.3) is 0 Å². The first-order valence-corrected chi connectivity index (χ1v) is 3.19. The molecule has 0 aliphatic rings. The summed E-state index contributed by atoms with van der Waals surface area (Å²) in [5.41, 5.74) is 1.00. The molecule has 1 aromatic carbocycles. The van der Waals surface area contributed by atoms with E-state index < -0.39 is 0 Å². The summed E-state index contributed by atoms with van der Waals surface area (Å²) in [5, 5.41) is 1.17. The normalized spacial score (nSPS) is 9.09. The number of para-hydroxylation sites is 1. The molecule has 0 saturated carbocycles. The second-order valence-corrected chi connectivity index (χ2v) is 2.13. The van der Waals surface area contributed by atoms with Gasteiger partial charge >= 0.3 is 0 Å². The van der Waals surface area contributed by atoms with Gasteiger partial charge in [0.2, 0.25) is 0 Å². The topological polar surface area (TPSA) is 12.9 Å². The Morgan fingerprint density at radius 3 is 2.73 bits per heavy atom. The molecule has 0 N–H and O–H groups in total. The zero-order valence-electron chi connectivity index (χ0n) is 5.73. The van der Waals surface area contributed by atoms with Crippen LogP contribution >= 0.6 is 0 Å². The molecule has 1 heterocycles. The van der Waals surface area contributed by atoms with E-state index in [0.717, 1.165) is 5.52 Å². The minimum Gasteiger partial charge on any atom is -0.386 e. The Bertz CT molecular complexity index is 281. The van der Waals surface area contributed by atoms with Gasteiger partial charge in [0.15, 0.2) is 0 Å². The van der Waals surface area contributed by atoms with Gasteiger partial charge in [-0.15, -0.1) is 5.39 Å². The number of hydrogen-bond donors (Lipinski definition) is 0. The molecule has 2 rings (SSSR count). The van der Waals surface area contributed by atoms with Crippen molar-refractivity contribution >= 4 is 10.9 Å². The summed E-state index contributed by atoms with van der Waals surface area (Å²) >= 11 is 0. The fourth-order valence-electron chi connectivity index (χ4n) is 0.964. The van der Waals surface area contributed by atoms with Crippen molar-refractivity contribution in [2.24, 2.45) is 0 Å². The Hall–Kier alpha value is -0.876. The van der Waals surface area contributed by atoms with Crippen LogP contribution in [0.2, 0.25) is 0 Å². The van der Waals surface area contributed by atoms with Crippen LogP contribution in [-0.2, 0) is 16.5 Å². The van der Waals surface area contributed by atoms with Crippen molar-refractivity contribution in [3.05, 3.63) is 42.6 Å². The summed E-state index contributed by atoms with van der Waals surface area (Å²) in [7, 11) is 0. The van der Waals surface area contributed by atoms with E-state index in [1.54, 1.807) is 0 Å². The molecule has 0 aliphatic carbocycles. The number of hydrogen-bond acceptors (Lipinski definition) is 1. The van der Waals surface area contributed by atoms with Gasteiger partial charge in [0.05, 0.1) is 0 Å². The Morgan fingerprint density at radius 1 is 1.09 bits per heavy atom. The van der Waals surface area contributed by atoms with Crippen LogP contribution in [0, 0.1) is 6.20 Å². The second-order valence-electron chi connectivity index (χ2n) is 2.13. The number of nitrogens with zero attached hydrogens (tertiary/aromatic N) is 1. The Morgan fingerprint density at radius 2 is 1.91 bits per heavy atom. The molecule has 0 atom stereocenters. The second kappa shape index (κ2) is 3.50. The molecule has 0 amide bonds. The zero-order chi connectivity index (χ0) is 6.81. The predicted octanol–water partition coefficient (Wildman–Crippen LogP) is 2.03. The van der Waals surface area contributed by atoms with Crippen LogP contribution in [0.3, 0.4) is 0 Å². The van der Waals surface area contributed by atoms with E-state index in [-0.39, 0.29) is 16.5 Å². The molecule has 2 aromatic rings. The maximum Gasteiger partial charge on any atom is 0 e. The maximum absolute atomic E-state index is 4.06. The van der Waals surface area contributed by atoms with Crippen molar-refractivity contribution in [3.63, 3.8) is 0 Å². The van der Waals surface area contributed by atoms with E-state index >= 15 is 0 Å². The van der Waals surface area contributed by atoms with Gasteiger partial charge in [0, 0.05) is 16.5 Å². The van der Waals surface area contributed by atoms with Gasteiger partial charge in [-0.2, -0.15) is 12.1 Å². The fraction of sp³-hybridized carbons (Fsp3) is 0. The number of aromatic nitrogens is 1. The first-order valence-electron chi connectivity index (χ1n) is 3.19. The molecule has 0 saturated heterocycles. The van der Waals surface area contributed by atoms with E-state index in [1.165, 1.54) is 5.39 Å². The summed E-state index contributed by atoms with van der Waals surface area (Å²) in [5.74, 6) is 0. The van der Waals surface area contributed by atoms with Crippen LogP contribution in [0.5, 0.6) is 0 Å². The van der Waals surface area contributed by atoms with Crippen LogP contribution in [0.1, 0.15) is 0 Å². The van der Waals surface area contributed by atoms with Crippen molar-refractivity contribution in [2.75, 3.05) is 0 Å². The van der Waals surface area contributed by atoms with Crippen LogP contribution in [-0.4, -0.2) is 4.98 Å². The number of rotatable bonds is 0. The molecule has 0 fully saturated rings. The minimum atomic E-state index is 0. The summed E-state index contributed by atoms with van der Waals surface area (Å²) in [4.78, 5) is 4.06. The molecule has 1 nitrogen and oxygen atoms in total. The van der Waals surface area contributed by atoms with Crippen molar-refractivity contribution in [3.8, 4) is 0 Å². The van der Waals surface area contributed by atoms with Crippen LogP contribution in [0.4, 0.5) is 0 Å². The van der Waals surface area contributed by atoms with Crippen molar-refractivity contribution in [1.82, 2.24) is 4.98 Å². The molecule has 2 heteroatoms. The quantitative estimate of drug-likeness (QED) is 0.454. The van der Waals surface area contributed by atoms with Crippen LogP contribution < -0.4 is 0 Å². The zero-order valence-corrected chi connectivity index (χ0v) is 6.72. The summed E-state index contributed by atoms with van der Waals surface area (Å²) in [6, 6.07) is 11.8. The molecule has 0 aliphatic heterocycles. The SMILES string of the molecule is [Ni].[c-]1ccc2ccccc2n1. The molecule has 0 unspecified atom stereocenters. The average Bonchev–Trinajstić information content (AvgIpc) is 2.05. The predicted molar refractivity (Wildman–Crippen MR) is 40.6 cm³/mol. The third kappa shape index (κ3) is 1.58. The average molecular weight is 187 g/mol. The number of fused-ring (bicyclic) bond motifs is 1. The van der Waals surface area contributed by atoms with E-state index in [0.29, 0.717) is 0 Å². The summed E-state index contributed by atoms with van der Waals surface area (Å²) in [6.07, 6.45) is 2.79. The first kappa shape index (κ1) is 8.22. The third-order valence-electron chi connectivity index (χ3n) is 1.46. The van der Waals surface area contributed by atoms with Gasteiger partial charge in [-0.05, 0) is 5.52 Å². The summed E-state index contributed by atoms with van der Waals surface area (Å²) < 4.78 is 0. The molecule has 0 bridgehead atoms. The maximum atomic E-state index is 4.06. The van der Waals surface area contributed by atoms with Gasteiger partial charge in [-0.3, -0.25) is 0 Å². The van der Waals surface area contributed by atoms with Gasteiger partial charge in [-0.1, -0.05) is 30.5 Å². The Labute approximate surface area is 75.4 Å². The van der Waals surface area contributed by atoms with E-state index in [9.17, 15) is 0 Å². The monoisotopic (exact) mass is 186 g/mol. The number of pyridine rings is 1. The Balaban J connectivity index is 0.000000605. The van der Waals surface area contributed by atoms with E-state index in [2.05, 4.69) is 11.2 Å². The van der Waals surface area contributed by atoms with Gasteiger partial charge in [-0.25, -0.2) is 0 Å². The van der Waals surface area contributed by atoms with Crippen molar-refractivity contribution in [1.29, 1.82) is 0 Å². The number of benzene rings is 1. The van der Waals surface area contributed by atoms with E-state index in [4.69, 9.17) is 0 Å². The fourth-order valence-corrected chi connectivity index (χ4v) is 0.964. The molecule has 0 spiro atoms. The minimum absolute atomic E-state index is 0. The standard InChI is InChI=1S/C9H6N.Ni/c1-2-6-9-8(4-1)5-3-7-10-9;/h1-6H;/q-1;. The molecular weight excluding hydrogens is 181 g/mol.